The van der Waals surface area contributed by atoms with Gasteiger partial charge in [-0.2, -0.15) is 0 Å². The summed E-state index contributed by atoms with van der Waals surface area (Å²) < 4.78 is 7.00. The van der Waals surface area contributed by atoms with Crippen LogP contribution in [0.4, 0.5) is 0 Å². The number of nitrogens with one attached hydrogen (secondary N) is 1. The molecular formula is C27H43NO2. The van der Waals surface area contributed by atoms with Gasteiger partial charge in [0, 0.05) is 12.5 Å². The third kappa shape index (κ3) is 2.55. The molecule has 3 nitrogen and oxygen atoms in total. The van der Waals surface area contributed by atoms with Crippen LogP contribution in [0.15, 0.2) is 11.6 Å². The van der Waals surface area contributed by atoms with Gasteiger partial charge >= 0.3 is 0 Å². The van der Waals surface area contributed by atoms with E-state index in [-0.39, 0.29) is 11.8 Å². The molecule has 11 atom stereocenters. The van der Waals surface area contributed by atoms with E-state index in [9.17, 15) is 5.11 Å². The Balaban J connectivity index is 1.28. The van der Waals surface area contributed by atoms with E-state index in [1.165, 1.54) is 44.9 Å². The SMILES string of the molecule is C[C@@H]1CC[C@@]2(NC1)O[C@H]1C[C@H]3[C@H]4CC=C5C[C@@H](O)CC[C@]5(C)[C@@H]4CC[C@]3(C)[C@H]1[C@H]2C. The van der Waals surface area contributed by atoms with Crippen LogP contribution in [-0.4, -0.2) is 29.6 Å². The Morgan fingerprint density at radius 3 is 2.67 bits per heavy atom. The zero-order valence-corrected chi connectivity index (χ0v) is 19.6. The lowest BCUT2D eigenvalue weighted by atomic mass is 9.47. The van der Waals surface area contributed by atoms with E-state index >= 15 is 0 Å². The number of rotatable bonds is 0. The monoisotopic (exact) mass is 413 g/mol. The molecule has 0 aromatic rings. The molecule has 0 aromatic heterocycles. The first-order chi connectivity index (χ1) is 14.3. The van der Waals surface area contributed by atoms with Gasteiger partial charge < -0.3 is 9.84 Å². The molecular weight excluding hydrogens is 370 g/mol. The molecule has 168 valence electrons. The molecule has 0 amide bonds. The Morgan fingerprint density at radius 1 is 1.07 bits per heavy atom. The molecule has 0 unspecified atom stereocenters. The van der Waals surface area contributed by atoms with Crippen LogP contribution in [0.1, 0.15) is 85.5 Å². The smallest absolute Gasteiger partial charge is 0.122 e. The van der Waals surface area contributed by atoms with Gasteiger partial charge in [-0.25, -0.2) is 0 Å². The summed E-state index contributed by atoms with van der Waals surface area (Å²) in [6, 6.07) is 0. The number of allylic oxidation sites excluding steroid dienone is 1. The zero-order valence-electron chi connectivity index (χ0n) is 19.6. The second-order valence-electron chi connectivity index (χ2n) is 12.8. The second-order valence-corrected chi connectivity index (χ2v) is 12.8. The van der Waals surface area contributed by atoms with Gasteiger partial charge in [-0.1, -0.05) is 39.3 Å². The Morgan fingerprint density at radius 2 is 1.90 bits per heavy atom. The highest BCUT2D eigenvalue weighted by atomic mass is 16.5. The zero-order chi connectivity index (χ0) is 20.9. The second kappa shape index (κ2) is 6.58. The molecule has 30 heavy (non-hydrogen) atoms. The number of piperidine rings is 1. The summed E-state index contributed by atoms with van der Waals surface area (Å²) in [7, 11) is 0. The number of fused-ring (bicyclic) bond motifs is 7. The van der Waals surface area contributed by atoms with E-state index in [0.29, 0.717) is 22.9 Å². The van der Waals surface area contributed by atoms with Gasteiger partial charge in [-0.3, -0.25) is 5.32 Å². The summed E-state index contributed by atoms with van der Waals surface area (Å²) in [6.07, 6.45) is 13.8. The highest BCUT2D eigenvalue weighted by molar-refractivity contribution is 5.26. The lowest BCUT2D eigenvalue weighted by molar-refractivity contribution is -0.115. The Kier molecular flexibility index (Phi) is 4.44. The molecule has 2 heterocycles. The maximum absolute atomic E-state index is 10.3. The summed E-state index contributed by atoms with van der Waals surface area (Å²) >= 11 is 0. The van der Waals surface area contributed by atoms with Gasteiger partial charge in [-0.05, 0) is 98.2 Å². The van der Waals surface area contributed by atoms with Gasteiger partial charge in [0.25, 0.3) is 0 Å². The van der Waals surface area contributed by atoms with Gasteiger partial charge in [0.05, 0.1) is 12.2 Å². The maximum Gasteiger partial charge on any atom is 0.122 e. The van der Waals surface area contributed by atoms with Crippen LogP contribution in [0.2, 0.25) is 0 Å². The molecule has 6 aliphatic rings. The fourth-order valence-electron chi connectivity index (χ4n) is 9.84. The van der Waals surface area contributed by atoms with Gasteiger partial charge in [-0.15, -0.1) is 0 Å². The van der Waals surface area contributed by atoms with E-state index in [0.717, 1.165) is 49.0 Å². The Hall–Kier alpha value is -0.380. The van der Waals surface area contributed by atoms with Crippen LogP contribution < -0.4 is 5.32 Å². The lowest BCUT2D eigenvalue weighted by Crippen LogP contribution is -2.57. The third-order valence-electron chi connectivity index (χ3n) is 11.6. The minimum Gasteiger partial charge on any atom is -0.393 e. The summed E-state index contributed by atoms with van der Waals surface area (Å²) in [6.45, 7) is 11.2. The highest BCUT2D eigenvalue weighted by Gasteiger charge is 2.68. The Bertz CT molecular complexity index is 739. The number of aliphatic hydroxyl groups excluding tert-OH is 1. The van der Waals surface area contributed by atoms with E-state index in [1.807, 2.05) is 0 Å². The van der Waals surface area contributed by atoms with E-state index in [4.69, 9.17) is 4.74 Å². The Labute approximate surface area is 183 Å². The first-order valence-corrected chi connectivity index (χ1v) is 13.1. The van der Waals surface area contributed by atoms with Gasteiger partial charge in [0.1, 0.15) is 5.72 Å². The molecule has 0 aromatic carbocycles. The predicted octanol–water partition coefficient (Wildman–Crippen LogP) is 5.29. The van der Waals surface area contributed by atoms with E-state index in [2.05, 4.69) is 39.1 Å². The third-order valence-corrected chi connectivity index (χ3v) is 11.6. The standard InChI is InChI=1S/C27H43NO2/c1-16-7-12-27(28-15-16)17(2)24-23(30-27)14-22-20-6-5-18-13-19(29)8-10-25(18,3)21(20)9-11-26(22,24)4/h5,16-17,19-24,28-29H,6-15H2,1-4H3/t16-,17-,19+,20+,21-,22+,23+,24+,25+,26+,27-/m1/s1. The summed E-state index contributed by atoms with van der Waals surface area (Å²) in [5, 5.41) is 14.1. The summed E-state index contributed by atoms with van der Waals surface area (Å²) in [5.41, 5.74) is 2.33. The summed E-state index contributed by atoms with van der Waals surface area (Å²) in [5.74, 6) is 4.58. The minimum absolute atomic E-state index is 0.0439. The molecule has 0 bridgehead atoms. The number of aliphatic hydroxyl groups is 1. The first-order valence-electron chi connectivity index (χ1n) is 13.1. The molecule has 1 spiro atoms. The number of hydrogen-bond donors (Lipinski definition) is 2. The van der Waals surface area contributed by atoms with Crippen molar-refractivity contribution in [2.45, 2.75) is 103 Å². The van der Waals surface area contributed by atoms with Crippen molar-refractivity contribution >= 4 is 0 Å². The van der Waals surface area contributed by atoms with Crippen molar-refractivity contribution in [2.75, 3.05) is 6.54 Å². The molecule has 3 saturated carbocycles. The maximum atomic E-state index is 10.3. The fourth-order valence-corrected chi connectivity index (χ4v) is 9.84. The van der Waals surface area contributed by atoms with Crippen molar-refractivity contribution in [3.8, 4) is 0 Å². The minimum atomic E-state index is -0.100. The fraction of sp³-hybridized carbons (Fsp3) is 0.926. The van der Waals surface area contributed by atoms with Crippen LogP contribution in [0.3, 0.4) is 0 Å². The quantitative estimate of drug-likeness (QED) is 0.530. The largest absolute Gasteiger partial charge is 0.393 e. The van der Waals surface area contributed by atoms with Gasteiger partial charge in [0.15, 0.2) is 0 Å². The van der Waals surface area contributed by atoms with Crippen molar-refractivity contribution in [3.63, 3.8) is 0 Å². The first kappa shape index (κ1) is 20.2. The van der Waals surface area contributed by atoms with Crippen LogP contribution in [0.5, 0.6) is 0 Å². The molecule has 6 rings (SSSR count). The lowest BCUT2D eigenvalue weighted by Gasteiger charge is -2.58. The van der Waals surface area contributed by atoms with E-state index < -0.39 is 0 Å². The normalized spacial score (nSPS) is 59.8. The number of ether oxygens (including phenoxy) is 1. The predicted molar refractivity (Wildman–Crippen MR) is 120 cm³/mol. The topological polar surface area (TPSA) is 41.5 Å². The highest BCUT2D eigenvalue weighted by Crippen LogP contribution is 2.70. The average molecular weight is 414 g/mol. The molecule has 0 radical (unpaired) electrons. The van der Waals surface area contributed by atoms with Gasteiger partial charge in [0.2, 0.25) is 0 Å². The molecule has 3 heteroatoms. The van der Waals surface area contributed by atoms with E-state index in [1.54, 1.807) is 5.57 Å². The van der Waals surface area contributed by atoms with Crippen LogP contribution in [0.25, 0.3) is 0 Å². The number of hydrogen-bond acceptors (Lipinski definition) is 3. The molecule has 2 saturated heterocycles. The molecule has 2 N–H and O–H groups in total. The van der Waals surface area contributed by atoms with Crippen LogP contribution >= 0.6 is 0 Å². The average Bonchev–Trinajstić information content (AvgIpc) is 3.16. The van der Waals surface area contributed by atoms with Crippen molar-refractivity contribution in [2.24, 2.45) is 46.3 Å². The molecule has 2 aliphatic heterocycles. The summed E-state index contributed by atoms with van der Waals surface area (Å²) in [4.78, 5) is 0. The molecule has 4 aliphatic carbocycles. The van der Waals surface area contributed by atoms with Crippen LogP contribution in [0, 0.1) is 46.3 Å². The van der Waals surface area contributed by atoms with Crippen molar-refractivity contribution in [1.29, 1.82) is 0 Å². The van der Waals surface area contributed by atoms with Crippen molar-refractivity contribution < 1.29 is 9.84 Å². The van der Waals surface area contributed by atoms with Crippen molar-refractivity contribution in [1.82, 2.24) is 5.32 Å². The van der Waals surface area contributed by atoms with Crippen molar-refractivity contribution in [3.05, 3.63) is 11.6 Å². The van der Waals surface area contributed by atoms with Crippen LogP contribution in [-0.2, 0) is 4.74 Å². The molecule has 5 fully saturated rings.